The molecule has 4 heterocycles. The highest BCUT2D eigenvalue weighted by molar-refractivity contribution is 5.61. The summed E-state index contributed by atoms with van der Waals surface area (Å²) in [5.41, 5.74) is 10.5. The molecule has 2 fully saturated rings. The van der Waals surface area contributed by atoms with Gasteiger partial charge in [0.05, 0.1) is 22.8 Å². The van der Waals surface area contributed by atoms with Crippen LogP contribution in [-0.4, -0.2) is 19.9 Å². The van der Waals surface area contributed by atoms with Gasteiger partial charge in [-0.1, -0.05) is 39.8 Å². The zero-order valence-electron chi connectivity index (χ0n) is 22.6. The molecule has 4 aromatic rings. The van der Waals surface area contributed by atoms with Crippen LogP contribution in [0.5, 0.6) is 0 Å². The van der Waals surface area contributed by atoms with Gasteiger partial charge in [0.25, 0.3) is 0 Å². The maximum Gasteiger partial charge on any atom is 0.0889 e. The molecule has 0 N–H and O–H groups in total. The topological polar surface area (TPSA) is 51.6 Å². The van der Waals surface area contributed by atoms with Crippen LogP contribution in [0, 0.1) is 22.7 Å². The van der Waals surface area contributed by atoms with Crippen molar-refractivity contribution in [1.82, 2.24) is 19.9 Å². The molecule has 2 saturated carbocycles. The fourth-order valence-corrected chi connectivity index (χ4v) is 8.95. The first-order valence-electron chi connectivity index (χ1n) is 14.2. The zero-order chi connectivity index (χ0) is 25.8. The van der Waals surface area contributed by atoms with Gasteiger partial charge in [-0.25, -0.2) is 0 Å². The second-order valence-electron chi connectivity index (χ2n) is 13.3. The monoisotopic (exact) mass is 498 g/mol. The molecule has 6 aliphatic carbocycles. The third-order valence-corrected chi connectivity index (χ3v) is 11.2. The molecule has 4 bridgehead atoms. The highest BCUT2D eigenvalue weighted by atomic mass is 14.8. The molecule has 0 radical (unpaired) electrons. The SMILES string of the molecule is CC1(C)[C@@H]2C[C@H]1c1cnc(-c3ccccn3)cc1C2C1c2cc(-c3ccccn3)ncc2[C@@H]2C[C@H]1C2(C)C. The summed E-state index contributed by atoms with van der Waals surface area (Å²) in [6.45, 7) is 10.00. The summed E-state index contributed by atoms with van der Waals surface area (Å²) in [5.74, 6) is 3.46. The van der Waals surface area contributed by atoms with E-state index >= 15 is 0 Å². The minimum absolute atomic E-state index is 0.285. The minimum Gasteiger partial charge on any atom is -0.255 e. The molecule has 4 nitrogen and oxygen atoms in total. The summed E-state index contributed by atoms with van der Waals surface area (Å²) in [6, 6.07) is 17.0. The van der Waals surface area contributed by atoms with E-state index in [9.17, 15) is 0 Å². The van der Waals surface area contributed by atoms with E-state index in [1.165, 1.54) is 35.1 Å². The van der Waals surface area contributed by atoms with Crippen LogP contribution in [-0.2, 0) is 0 Å². The Kier molecular flexibility index (Phi) is 4.51. The van der Waals surface area contributed by atoms with Crippen LogP contribution in [0.2, 0.25) is 0 Å². The zero-order valence-corrected chi connectivity index (χ0v) is 22.6. The summed E-state index contributed by atoms with van der Waals surface area (Å²) in [7, 11) is 0. The third kappa shape index (κ3) is 2.86. The van der Waals surface area contributed by atoms with Gasteiger partial charge < -0.3 is 0 Å². The lowest BCUT2D eigenvalue weighted by molar-refractivity contribution is -0.0648. The van der Waals surface area contributed by atoms with E-state index in [1.54, 1.807) is 0 Å². The van der Waals surface area contributed by atoms with E-state index in [0.29, 0.717) is 35.5 Å². The van der Waals surface area contributed by atoms with E-state index in [4.69, 9.17) is 9.97 Å². The van der Waals surface area contributed by atoms with Crippen molar-refractivity contribution in [3.63, 3.8) is 0 Å². The van der Waals surface area contributed by atoms with Gasteiger partial charge >= 0.3 is 0 Å². The van der Waals surface area contributed by atoms with Crippen molar-refractivity contribution in [2.75, 3.05) is 0 Å². The average Bonchev–Trinajstić information content (AvgIpc) is 2.95. The fourth-order valence-electron chi connectivity index (χ4n) is 8.95. The van der Waals surface area contributed by atoms with Gasteiger partial charge in [-0.05, 0) is 118 Å². The summed E-state index contributed by atoms with van der Waals surface area (Å²) in [6.07, 6.45) is 10.7. The highest BCUT2D eigenvalue weighted by Crippen LogP contribution is 2.75. The Morgan fingerprint density at radius 1 is 0.553 bits per heavy atom. The van der Waals surface area contributed by atoms with Crippen LogP contribution >= 0.6 is 0 Å². The Hall–Kier alpha value is -3.40. The first-order chi connectivity index (χ1) is 18.4. The second-order valence-corrected chi connectivity index (χ2v) is 13.3. The first kappa shape index (κ1) is 22.6. The summed E-state index contributed by atoms with van der Waals surface area (Å²) in [4.78, 5) is 19.2. The summed E-state index contributed by atoms with van der Waals surface area (Å²) in [5, 5.41) is 0. The molecule has 0 aliphatic heterocycles. The molecule has 0 amide bonds. The molecule has 4 heteroatoms. The van der Waals surface area contributed by atoms with Crippen molar-refractivity contribution in [1.29, 1.82) is 0 Å². The van der Waals surface area contributed by atoms with Gasteiger partial charge in [0.15, 0.2) is 0 Å². The maximum absolute atomic E-state index is 4.96. The molecular weight excluding hydrogens is 464 g/mol. The molecule has 190 valence electrons. The smallest absolute Gasteiger partial charge is 0.0889 e. The predicted octanol–water partition coefficient (Wildman–Crippen LogP) is 7.75. The Morgan fingerprint density at radius 3 is 1.37 bits per heavy atom. The van der Waals surface area contributed by atoms with Gasteiger partial charge in [-0.3, -0.25) is 19.9 Å². The Bertz CT molecular complexity index is 1440. The normalized spacial score (nSPS) is 30.8. The van der Waals surface area contributed by atoms with Crippen molar-refractivity contribution in [2.45, 2.75) is 64.2 Å². The predicted molar refractivity (Wildman–Crippen MR) is 150 cm³/mol. The van der Waals surface area contributed by atoms with Crippen molar-refractivity contribution < 1.29 is 0 Å². The van der Waals surface area contributed by atoms with Crippen LogP contribution in [0.4, 0.5) is 0 Å². The lowest BCUT2D eigenvalue weighted by Gasteiger charge is -2.67. The minimum atomic E-state index is 0.285. The largest absolute Gasteiger partial charge is 0.255 e. The van der Waals surface area contributed by atoms with Crippen LogP contribution in [0.15, 0.2) is 73.3 Å². The summed E-state index contributed by atoms with van der Waals surface area (Å²) < 4.78 is 0. The molecule has 6 atom stereocenters. The molecule has 6 aliphatic rings. The first-order valence-corrected chi connectivity index (χ1v) is 14.2. The molecule has 0 aromatic carbocycles. The fraction of sp³-hybridized carbons (Fsp3) is 0.412. The Balaban J connectivity index is 1.33. The van der Waals surface area contributed by atoms with Gasteiger partial charge in [0.2, 0.25) is 0 Å². The lowest BCUT2D eigenvalue weighted by atomic mass is 9.36. The molecule has 0 spiro atoms. The van der Waals surface area contributed by atoms with Crippen molar-refractivity contribution in [3.05, 3.63) is 95.6 Å². The Labute approximate surface area is 225 Å². The van der Waals surface area contributed by atoms with Gasteiger partial charge in [-0.15, -0.1) is 0 Å². The average molecular weight is 499 g/mol. The summed E-state index contributed by atoms with van der Waals surface area (Å²) >= 11 is 0. The molecule has 4 aromatic heterocycles. The molecule has 10 rings (SSSR count). The second kappa shape index (κ2) is 7.59. The maximum atomic E-state index is 4.96. The lowest BCUT2D eigenvalue weighted by Crippen LogP contribution is -2.57. The van der Waals surface area contributed by atoms with E-state index in [1.807, 2.05) is 24.5 Å². The van der Waals surface area contributed by atoms with Crippen LogP contribution in [0.1, 0.15) is 86.5 Å². The van der Waals surface area contributed by atoms with Crippen LogP contribution in [0.25, 0.3) is 22.8 Å². The molecule has 2 unspecified atom stereocenters. The van der Waals surface area contributed by atoms with Crippen molar-refractivity contribution in [2.24, 2.45) is 22.7 Å². The number of fused-ring (bicyclic) bond motifs is 1. The van der Waals surface area contributed by atoms with Crippen LogP contribution < -0.4 is 0 Å². The number of rotatable bonds is 3. The van der Waals surface area contributed by atoms with E-state index in [0.717, 1.165) is 22.8 Å². The van der Waals surface area contributed by atoms with E-state index < -0.39 is 0 Å². The quantitative estimate of drug-likeness (QED) is 0.290. The van der Waals surface area contributed by atoms with E-state index in [2.05, 4.69) is 86.5 Å². The van der Waals surface area contributed by atoms with Crippen molar-refractivity contribution >= 4 is 0 Å². The van der Waals surface area contributed by atoms with Crippen LogP contribution in [0.3, 0.4) is 0 Å². The standard InChI is InChI=1S/C34H34N4/c1-33(2)23-15-25(33)31(19-13-29(37-17-21(19)23)27-9-5-7-11-35-27)32-20-14-30(28-10-6-8-12-36-28)38-18-22(20)24-16-26(32)34(24,3)4/h5-14,17-18,23-26,31-32H,15-16H2,1-4H3/t23-,24-,25+,26+,31?,32?/m0/s1. The number of pyridine rings is 4. The number of nitrogens with zero attached hydrogens (tertiary/aromatic N) is 4. The Morgan fingerprint density at radius 2 is 1.00 bits per heavy atom. The molecule has 38 heavy (non-hydrogen) atoms. The number of hydrogen-bond acceptors (Lipinski definition) is 4. The molecule has 0 saturated heterocycles. The number of hydrogen-bond donors (Lipinski definition) is 0. The van der Waals surface area contributed by atoms with Gasteiger partial charge in [0, 0.05) is 24.8 Å². The third-order valence-electron chi connectivity index (χ3n) is 11.2. The van der Waals surface area contributed by atoms with Gasteiger partial charge in [-0.2, -0.15) is 0 Å². The van der Waals surface area contributed by atoms with Crippen molar-refractivity contribution in [3.8, 4) is 22.8 Å². The number of aromatic nitrogens is 4. The van der Waals surface area contributed by atoms with E-state index in [-0.39, 0.29) is 10.8 Å². The highest BCUT2D eigenvalue weighted by Gasteiger charge is 2.64. The van der Waals surface area contributed by atoms with Gasteiger partial charge in [0.1, 0.15) is 0 Å². The molecular formula is C34H34N4.